The predicted octanol–water partition coefficient (Wildman–Crippen LogP) is 2.94. The topological polar surface area (TPSA) is 67.9 Å². The molecule has 0 saturated carbocycles. The van der Waals surface area contributed by atoms with E-state index in [2.05, 4.69) is 37.4 Å². The summed E-state index contributed by atoms with van der Waals surface area (Å²) in [4.78, 5) is 15.5. The van der Waals surface area contributed by atoms with Crippen LogP contribution in [-0.4, -0.2) is 28.0 Å². The van der Waals surface area contributed by atoms with Crippen LogP contribution in [-0.2, 0) is 0 Å². The molecule has 2 N–H and O–H groups in total. The molecule has 21 heavy (non-hydrogen) atoms. The van der Waals surface area contributed by atoms with E-state index in [9.17, 15) is 0 Å². The largest absolute Gasteiger partial charge is 0.368 e. The molecule has 1 aromatic carbocycles. The average Bonchev–Trinajstić information content (AvgIpc) is 3.17. The SMILES string of the molecule is Nc1nc(-c2cccc3ccsc23)nc(N2CCCC2)n1. The second-order valence-electron chi connectivity index (χ2n) is 5.16. The zero-order valence-electron chi connectivity index (χ0n) is 11.5. The van der Waals surface area contributed by atoms with E-state index in [4.69, 9.17) is 5.73 Å². The van der Waals surface area contributed by atoms with Gasteiger partial charge in [0, 0.05) is 23.4 Å². The van der Waals surface area contributed by atoms with Gasteiger partial charge in [-0.15, -0.1) is 11.3 Å². The van der Waals surface area contributed by atoms with Gasteiger partial charge in [0.2, 0.25) is 11.9 Å². The Hall–Kier alpha value is -2.21. The molecule has 106 valence electrons. The van der Waals surface area contributed by atoms with Crippen molar-refractivity contribution >= 4 is 33.3 Å². The Morgan fingerprint density at radius 3 is 2.76 bits per heavy atom. The Morgan fingerprint density at radius 1 is 1.05 bits per heavy atom. The van der Waals surface area contributed by atoms with E-state index in [-0.39, 0.29) is 5.95 Å². The monoisotopic (exact) mass is 297 g/mol. The van der Waals surface area contributed by atoms with Gasteiger partial charge in [-0.25, -0.2) is 0 Å². The quantitative estimate of drug-likeness (QED) is 0.787. The minimum atomic E-state index is 0.287. The first-order valence-electron chi connectivity index (χ1n) is 7.04. The van der Waals surface area contributed by atoms with Crippen LogP contribution in [0.5, 0.6) is 0 Å². The standard InChI is InChI=1S/C15H15N5S/c16-14-17-13(18-15(19-14)20-7-1-2-8-20)11-5-3-4-10-6-9-21-12(10)11/h3-6,9H,1-2,7-8H2,(H2,16,17,18,19). The van der Waals surface area contributed by atoms with Crippen molar-refractivity contribution in [2.45, 2.75) is 12.8 Å². The van der Waals surface area contributed by atoms with Crippen LogP contribution >= 0.6 is 11.3 Å². The average molecular weight is 297 g/mol. The molecular formula is C15H15N5S. The molecule has 0 atom stereocenters. The number of thiophene rings is 1. The van der Waals surface area contributed by atoms with Gasteiger partial charge in [-0.2, -0.15) is 15.0 Å². The summed E-state index contributed by atoms with van der Waals surface area (Å²) in [6.07, 6.45) is 2.36. The van der Waals surface area contributed by atoms with Crippen LogP contribution in [0.25, 0.3) is 21.5 Å². The molecule has 0 spiro atoms. The molecule has 0 aliphatic carbocycles. The third kappa shape index (κ3) is 2.21. The number of nitrogens with two attached hydrogens (primary N) is 1. The predicted molar refractivity (Wildman–Crippen MR) is 86.5 cm³/mol. The van der Waals surface area contributed by atoms with Gasteiger partial charge < -0.3 is 10.6 Å². The number of fused-ring (bicyclic) bond motifs is 1. The van der Waals surface area contributed by atoms with Gasteiger partial charge in [-0.1, -0.05) is 12.1 Å². The Kier molecular flexibility index (Phi) is 2.96. The number of benzene rings is 1. The van der Waals surface area contributed by atoms with Gasteiger partial charge in [0.05, 0.1) is 0 Å². The highest BCUT2D eigenvalue weighted by molar-refractivity contribution is 7.17. The van der Waals surface area contributed by atoms with Crippen molar-refractivity contribution < 1.29 is 0 Å². The zero-order valence-corrected chi connectivity index (χ0v) is 12.3. The van der Waals surface area contributed by atoms with Gasteiger partial charge in [0.25, 0.3) is 0 Å². The minimum absolute atomic E-state index is 0.287. The molecule has 0 amide bonds. The highest BCUT2D eigenvalue weighted by Gasteiger charge is 2.18. The van der Waals surface area contributed by atoms with Crippen LogP contribution < -0.4 is 10.6 Å². The molecule has 1 fully saturated rings. The first-order valence-corrected chi connectivity index (χ1v) is 7.92. The number of hydrogen-bond donors (Lipinski definition) is 1. The van der Waals surface area contributed by atoms with Crippen LogP contribution in [0.2, 0.25) is 0 Å². The highest BCUT2D eigenvalue weighted by Crippen LogP contribution is 2.31. The normalized spacial score (nSPS) is 15.0. The van der Waals surface area contributed by atoms with Crippen molar-refractivity contribution in [3.05, 3.63) is 29.6 Å². The molecule has 1 aliphatic heterocycles. The summed E-state index contributed by atoms with van der Waals surface area (Å²) in [5, 5.41) is 3.29. The number of aromatic nitrogens is 3. The molecule has 0 bridgehead atoms. The zero-order chi connectivity index (χ0) is 14.2. The van der Waals surface area contributed by atoms with Crippen molar-refractivity contribution in [2.75, 3.05) is 23.7 Å². The van der Waals surface area contributed by atoms with Crippen molar-refractivity contribution in [1.29, 1.82) is 0 Å². The fourth-order valence-electron chi connectivity index (χ4n) is 2.73. The fraction of sp³-hybridized carbons (Fsp3) is 0.267. The molecular weight excluding hydrogens is 282 g/mol. The summed E-state index contributed by atoms with van der Waals surface area (Å²) >= 11 is 1.70. The maximum absolute atomic E-state index is 5.90. The van der Waals surface area contributed by atoms with Crippen LogP contribution in [0.15, 0.2) is 29.6 Å². The van der Waals surface area contributed by atoms with Gasteiger partial charge in [0.15, 0.2) is 5.82 Å². The summed E-state index contributed by atoms with van der Waals surface area (Å²) in [5.41, 5.74) is 6.92. The molecule has 1 aliphatic rings. The second kappa shape index (κ2) is 4.96. The minimum Gasteiger partial charge on any atom is -0.368 e. The summed E-state index contributed by atoms with van der Waals surface area (Å²) in [7, 11) is 0. The number of rotatable bonds is 2. The van der Waals surface area contributed by atoms with Crippen LogP contribution in [0.4, 0.5) is 11.9 Å². The summed E-state index contributed by atoms with van der Waals surface area (Å²) in [5.74, 6) is 1.65. The van der Waals surface area contributed by atoms with Crippen molar-refractivity contribution in [2.24, 2.45) is 0 Å². The van der Waals surface area contributed by atoms with Crippen molar-refractivity contribution in [3.8, 4) is 11.4 Å². The first-order chi connectivity index (χ1) is 10.3. The number of anilines is 2. The third-order valence-electron chi connectivity index (χ3n) is 3.75. The number of nitrogen functional groups attached to an aromatic ring is 1. The highest BCUT2D eigenvalue weighted by atomic mass is 32.1. The molecule has 6 heteroatoms. The Labute approximate surface area is 126 Å². The lowest BCUT2D eigenvalue weighted by Gasteiger charge is -2.15. The molecule has 3 heterocycles. The molecule has 4 rings (SSSR count). The lowest BCUT2D eigenvalue weighted by atomic mass is 10.1. The Balaban J connectivity index is 1.86. The van der Waals surface area contributed by atoms with Gasteiger partial charge in [0.1, 0.15) is 0 Å². The van der Waals surface area contributed by atoms with Crippen LogP contribution in [0.1, 0.15) is 12.8 Å². The summed E-state index contributed by atoms with van der Waals surface area (Å²) < 4.78 is 1.19. The van der Waals surface area contributed by atoms with E-state index in [0.29, 0.717) is 11.8 Å². The maximum Gasteiger partial charge on any atom is 0.230 e. The first kappa shape index (κ1) is 12.5. The summed E-state index contributed by atoms with van der Waals surface area (Å²) in [6, 6.07) is 8.28. The van der Waals surface area contributed by atoms with E-state index in [1.54, 1.807) is 11.3 Å². The Morgan fingerprint density at radius 2 is 1.90 bits per heavy atom. The van der Waals surface area contributed by atoms with Crippen LogP contribution in [0.3, 0.4) is 0 Å². The number of hydrogen-bond acceptors (Lipinski definition) is 6. The van der Waals surface area contributed by atoms with Gasteiger partial charge >= 0.3 is 0 Å². The van der Waals surface area contributed by atoms with E-state index >= 15 is 0 Å². The van der Waals surface area contributed by atoms with E-state index in [1.807, 2.05) is 12.1 Å². The molecule has 1 saturated heterocycles. The molecule has 2 aromatic heterocycles. The molecule has 0 unspecified atom stereocenters. The van der Waals surface area contributed by atoms with Crippen molar-refractivity contribution in [3.63, 3.8) is 0 Å². The smallest absolute Gasteiger partial charge is 0.230 e. The third-order valence-corrected chi connectivity index (χ3v) is 4.71. The van der Waals surface area contributed by atoms with Crippen LogP contribution in [0, 0.1) is 0 Å². The number of nitrogens with zero attached hydrogens (tertiary/aromatic N) is 4. The van der Waals surface area contributed by atoms with E-state index < -0.39 is 0 Å². The lowest BCUT2D eigenvalue weighted by Crippen LogP contribution is -2.21. The van der Waals surface area contributed by atoms with Gasteiger partial charge in [-0.05, 0) is 35.7 Å². The van der Waals surface area contributed by atoms with E-state index in [0.717, 1.165) is 18.7 Å². The lowest BCUT2D eigenvalue weighted by molar-refractivity contribution is 0.888. The maximum atomic E-state index is 5.90. The van der Waals surface area contributed by atoms with E-state index in [1.165, 1.54) is 22.9 Å². The van der Waals surface area contributed by atoms with Crippen molar-refractivity contribution in [1.82, 2.24) is 15.0 Å². The molecule has 5 nitrogen and oxygen atoms in total. The second-order valence-corrected chi connectivity index (χ2v) is 6.07. The molecule has 0 radical (unpaired) electrons. The Bertz CT molecular complexity index is 792. The molecule has 3 aromatic rings. The van der Waals surface area contributed by atoms with Gasteiger partial charge in [-0.3, -0.25) is 0 Å². The fourth-order valence-corrected chi connectivity index (χ4v) is 3.64. The summed E-state index contributed by atoms with van der Waals surface area (Å²) in [6.45, 7) is 1.98.